The van der Waals surface area contributed by atoms with Gasteiger partial charge in [-0.25, -0.2) is 0 Å². The topological polar surface area (TPSA) is 37.3 Å². The lowest BCUT2D eigenvalue weighted by atomic mass is 9.97. The van der Waals surface area contributed by atoms with Crippen molar-refractivity contribution in [2.75, 3.05) is 0 Å². The molecule has 1 aromatic rings. The van der Waals surface area contributed by atoms with Crippen LogP contribution in [0.2, 0.25) is 0 Å². The minimum Gasteiger partial charge on any atom is -0.481 e. The summed E-state index contributed by atoms with van der Waals surface area (Å²) >= 11 is 0. The van der Waals surface area contributed by atoms with Crippen molar-refractivity contribution in [2.45, 2.75) is 33.6 Å². The highest BCUT2D eigenvalue weighted by atomic mass is 16.4. The molecule has 1 atom stereocenters. The van der Waals surface area contributed by atoms with E-state index in [2.05, 4.69) is 0 Å². The smallest absolute Gasteiger partial charge is 0.306 e. The van der Waals surface area contributed by atoms with Crippen molar-refractivity contribution in [3.05, 3.63) is 35.9 Å². The Morgan fingerprint density at radius 2 is 1.80 bits per heavy atom. The minimum absolute atomic E-state index is 0.248. The number of benzene rings is 1. The third-order valence-electron chi connectivity index (χ3n) is 2.17. The molecule has 1 aromatic carbocycles. The van der Waals surface area contributed by atoms with Gasteiger partial charge >= 0.3 is 5.97 Å². The Morgan fingerprint density at radius 3 is 2.20 bits per heavy atom. The number of rotatable bonds is 4. The minimum atomic E-state index is -0.702. The zero-order valence-electron chi connectivity index (χ0n) is 9.73. The van der Waals surface area contributed by atoms with Crippen LogP contribution in [0.5, 0.6) is 0 Å². The van der Waals surface area contributed by atoms with Crippen molar-refractivity contribution in [2.24, 2.45) is 5.92 Å². The second kappa shape index (κ2) is 8.04. The maximum absolute atomic E-state index is 10.7. The summed E-state index contributed by atoms with van der Waals surface area (Å²) in [5.74, 6) is -0.950. The molecule has 0 fully saturated rings. The van der Waals surface area contributed by atoms with Crippen LogP contribution in [-0.4, -0.2) is 11.1 Å². The SMILES string of the molecule is CC.CCC(Cc1ccccc1)C(=O)O. The van der Waals surface area contributed by atoms with E-state index in [0.717, 1.165) is 5.56 Å². The average molecular weight is 208 g/mol. The lowest BCUT2D eigenvalue weighted by Crippen LogP contribution is -2.15. The van der Waals surface area contributed by atoms with Crippen molar-refractivity contribution < 1.29 is 9.90 Å². The summed E-state index contributed by atoms with van der Waals surface area (Å²) in [6.45, 7) is 5.90. The van der Waals surface area contributed by atoms with Gasteiger partial charge in [-0.05, 0) is 18.4 Å². The van der Waals surface area contributed by atoms with Crippen molar-refractivity contribution in [1.82, 2.24) is 0 Å². The molecule has 15 heavy (non-hydrogen) atoms. The van der Waals surface area contributed by atoms with E-state index in [1.807, 2.05) is 51.1 Å². The Morgan fingerprint density at radius 1 is 1.27 bits per heavy atom. The van der Waals surface area contributed by atoms with E-state index in [1.54, 1.807) is 0 Å². The van der Waals surface area contributed by atoms with Crippen molar-refractivity contribution >= 4 is 5.97 Å². The number of hydrogen-bond acceptors (Lipinski definition) is 1. The first-order valence-corrected chi connectivity index (χ1v) is 5.50. The molecule has 0 saturated carbocycles. The molecular weight excluding hydrogens is 188 g/mol. The highest BCUT2D eigenvalue weighted by molar-refractivity contribution is 5.70. The predicted octanol–water partition coefficient (Wildman–Crippen LogP) is 3.37. The van der Waals surface area contributed by atoms with E-state index < -0.39 is 5.97 Å². The van der Waals surface area contributed by atoms with Crippen LogP contribution in [0, 0.1) is 5.92 Å². The Hall–Kier alpha value is -1.31. The summed E-state index contributed by atoms with van der Waals surface area (Å²) in [6, 6.07) is 9.73. The second-order valence-electron chi connectivity index (χ2n) is 3.13. The lowest BCUT2D eigenvalue weighted by molar-refractivity contribution is -0.141. The van der Waals surface area contributed by atoms with E-state index in [-0.39, 0.29) is 5.92 Å². The first-order chi connectivity index (χ1) is 7.24. The summed E-state index contributed by atoms with van der Waals surface area (Å²) in [4.78, 5) is 10.7. The van der Waals surface area contributed by atoms with Crippen LogP contribution in [0.15, 0.2) is 30.3 Å². The first-order valence-electron chi connectivity index (χ1n) is 5.50. The fraction of sp³-hybridized carbons (Fsp3) is 0.462. The third kappa shape index (κ3) is 5.21. The largest absolute Gasteiger partial charge is 0.481 e. The van der Waals surface area contributed by atoms with Crippen LogP contribution >= 0.6 is 0 Å². The van der Waals surface area contributed by atoms with Crippen molar-refractivity contribution in [3.63, 3.8) is 0 Å². The first kappa shape index (κ1) is 13.7. The Bertz CT molecular complexity index is 267. The number of carboxylic acid groups (broad SMARTS) is 1. The molecule has 0 amide bonds. The molecule has 1 N–H and O–H groups in total. The average Bonchev–Trinajstić information content (AvgIpc) is 2.29. The van der Waals surface area contributed by atoms with Gasteiger partial charge in [0, 0.05) is 0 Å². The molecule has 1 rings (SSSR count). The normalized spacial score (nSPS) is 11.1. The van der Waals surface area contributed by atoms with Crippen molar-refractivity contribution in [3.8, 4) is 0 Å². The molecular formula is C13H20O2. The van der Waals surface area contributed by atoms with Crippen LogP contribution in [0.4, 0.5) is 0 Å². The fourth-order valence-corrected chi connectivity index (χ4v) is 1.30. The van der Waals surface area contributed by atoms with Gasteiger partial charge in [0.15, 0.2) is 0 Å². The molecule has 0 radical (unpaired) electrons. The monoisotopic (exact) mass is 208 g/mol. The molecule has 84 valence electrons. The molecule has 0 bridgehead atoms. The fourth-order valence-electron chi connectivity index (χ4n) is 1.30. The standard InChI is InChI=1S/C11H14O2.C2H6/c1-2-10(11(12)13)8-9-6-4-3-5-7-9;1-2/h3-7,10H,2,8H2,1H3,(H,12,13);1-2H3. The number of hydrogen-bond donors (Lipinski definition) is 1. The highest BCUT2D eigenvalue weighted by Crippen LogP contribution is 2.11. The third-order valence-corrected chi connectivity index (χ3v) is 2.17. The van der Waals surface area contributed by atoms with E-state index in [9.17, 15) is 4.79 Å². The van der Waals surface area contributed by atoms with Gasteiger partial charge in [0.25, 0.3) is 0 Å². The molecule has 0 aromatic heterocycles. The van der Waals surface area contributed by atoms with E-state index in [4.69, 9.17) is 5.11 Å². The van der Waals surface area contributed by atoms with Crippen LogP contribution < -0.4 is 0 Å². The molecule has 0 aliphatic carbocycles. The number of carbonyl (C=O) groups is 1. The molecule has 1 unspecified atom stereocenters. The summed E-state index contributed by atoms with van der Waals surface area (Å²) in [7, 11) is 0. The van der Waals surface area contributed by atoms with Gasteiger partial charge in [-0.15, -0.1) is 0 Å². The van der Waals surface area contributed by atoms with Gasteiger partial charge in [0.1, 0.15) is 0 Å². The van der Waals surface area contributed by atoms with E-state index >= 15 is 0 Å². The van der Waals surface area contributed by atoms with Gasteiger partial charge in [-0.3, -0.25) is 4.79 Å². The molecule has 0 saturated heterocycles. The van der Waals surface area contributed by atoms with E-state index in [0.29, 0.717) is 12.8 Å². The van der Waals surface area contributed by atoms with Gasteiger partial charge in [0.05, 0.1) is 5.92 Å². The van der Waals surface area contributed by atoms with Gasteiger partial charge in [0.2, 0.25) is 0 Å². The van der Waals surface area contributed by atoms with Crippen molar-refractivity contribution in [1.29, 1.82) is 0 Å². The quantitative estimate of drug-likeness (QED) is 0.823. The number of aliphatic carboxylic acids is 1. The predicted molar refractivity (Wildman–Crippen MR) is 62.9 cm³/mol. The van der Waals surface area contributed by atoms with Crippen LogP contribution in [0.1, 0.15) is 32.8 Å². The maximum atomic E-state index is 10.7. The van der Waals surface area contributed by atoms with Gasteiger partial charge in [-0.2, -0.15) is 0 Å². The Labute approximate surface area is 91.9 Å². The summed E-state index contributed by atoms with van der Waals surface area (Å²) in [6.07, 6.45) is 1.32. The molecule has 0 aliphatic heterocycles. The Kier molecular flexibility index (Phi) is 7.33. The maximum Gasteiger partial charge on any atom is 0.306 e. The summed E-state index contributed by atoms with van der Waals surface area (Å²) in [5.41, 5.74) is 1.09. The van der Waals surface area contributed by atoms with Gasteiger partial charge in [-0.1, -0.05) is 51.1 Å². The second-order valence-corrected chi connectivity index (χ2v) is 3.13. The molecule has 0 heterocycles. The Balaban J connectivity index is 0.000000921. The summed E-state index contributed by atoms with van der Waals surface area (Å²) in [5, 5.41) is 8.83. The van der Waals surface area contributed by atoms with Gasteiger partial charge < -0.3 is 5.11 Å². The zero-order chi connectivity index (χ0) is 11.7. The number of carboxylic acids is 1. The summed E-state index contributed by atoms with van der Waals surface area (Å²) < 4.78 is 0. The zero-order valence-corrected chi connectivity index (χ0v) is 9.73. The highest BCUT2D eigenvalue weighted by Gasteiger charge is 2.14. The van der Waals surface area contributed by atoms with Crippen LogP contribution in [0.25, 0.3) is 0 Å². The molecule has 0 aliphatic rings. The molecule has 2 heteroatoms. The van der Waals surface area contributed by atoms with Crippen LogP contribution in [-0.2, 0) is 11.2 Å². The molecule has 2 nitrogen and oxygen atoms in total. The molecule has 0 spiro atoms. The lowest BCUT2D eigenvalue weighted by Gasteiger charge is -2.08. The van der Waals surface area contributed by atoms with Crippen LogP contribution in [0.3, 0.4) is 0 Å². The van der Waals surface area contributed by atoms with E-state index in [1.165, 1.54) is 0 Å².